The van der Waals surface area contributed by atoms with Gasteiger partial charge in [-0.05, 0) is 23.1 Å². The van der Waals surface area contributed by atoms with Gasteiger partial charge in [-0.15, -0.1) is 11.3 Å². The Morgan fingerprint density at radius 2 is 1.66 bits per heavy atom. The molecule has 0 N–H and O–H groups in total. The van der Waals surface area contributed by atoms with E-state index in [1.165, 1.54) is 23.1 Å². The number of thioether (sulfide) groups is 1. The maximum absolute atomic E-state index is 12.5. The van der Waals surface area contributed by atoms with Gasteiger partial charge in [0, 0.05) is 11.1 Å². The lowest BCUT2D eigenvalue weighted by Crippen LogP contribution is -2.02. The molecule has 0 aliphatic rings. The van der Waals surface area contributed by atoms with Crippen molar-refractivity contribution >= 4 is 28.9 Å². The van der Waals surface area contributed by atoms with Crippen molar-refractivity contribution in [1.82, 2.24) is 4.98 Å². The van der Waals surface area contributed by atoms with Gasteiger partial charge >= 0.3 is 0 Å². The second kappa shape index (κ2) is 8.87. The molecule has 0 atom stereocenters. The van der Waals surface area contributed by atoms with Crippen LogP contribution in [0.1, 0.15) is 15.2 Å². The Kier molecular flexibility index (Phi) is 5.85. The molecule has 0 amide bonds. The molecule has 29 heavy (non-hydrogen) atoms. The highest BCUT2D eigenvalue weighted by Gasteiger charge is 2.17. The van der Waals surface area contributed by atoms with E-state index in [9.17, 15) is 10.1 Å². The van der Waals surface area contributed by atoms with Crippen molar-refractivity contribution in [1.29, 1.82) is 5.26 Å². The van der Waals surface area contributed by atoms with Crippen LogP contribution in [-0.4, -0.2) is 16.5 Å². The highest BCUT2D eigenvalue weighted by atomic mass is 32.2. The lowest BCUT2D eigenvalue weighted by atomic mass is 9.99. The van der Waals surface area contributed by atoms with Gasteiger partial charge < -0.3 is 0 Å². The van der Waals surface area contributed by atoms with Gasteiger partial charge in [0.1, 0.15) is 11.1 Å². The molecule has 2 aromatic heterocycles. The Balaban J connectivity index is 1.78. The second-order valence-corrected chi connectivity index (χ2v) is 8.18. The molecule has 5 heteroatoms. The van der Waals surface area contributed by atoms with Gasteiger partial charge in [-0.2, -0.15) is 5.26 Å². The fourth-order valence-corrected chi connectivity index (χ4v) is 4.62. The van der Waals surface area contributed by atoms with Gasteiger partial charge in [-0.1, -0.05) is 78.5 Å². The molecule has 0 unspecified atom stereocenters. The van der Waals surface area contributed by atoms with E-state index in [4.69, 9.17) is 4.98 Å². The number of benzene rings is 2. The molecule has 0 aliphatic carbocycles. The summed E-state index contributed by atoms with van der Waals surface area (Å²) in [6, 6.07) is 27.6. The van der Waals surface area contributed by atoms with Crippen molar-refractivity contribution in [3.63, 3.8) is 0 Å². The number of rotatable bonds is 6. The van der Waals surface area contributed by atoms with Crippen LogP contribution in [0.3, 0.4) is 0 Å². The van der Waals surface area contributed by atoms with Gasteiger partial charge in [-0.3, -0.25) is 4.79 Å². The summed E-state index contributed by atoms with van der Waals surface area (Å²) < 4.78 is 0. The van der Waals surface area contributed by atoms with Crippen molar-refractivity contribution in [3.8, 4) is 28.5 Å². The van der Waals surface area contributed by atoms with Crippen molar-refractivity contribution < 1.29 is 4.79 Å². The monoisotopic (exact) mass is 412 g/mol. The molecule has 0 aliphatic heterocycles. The molecule has 2 aromatic carbocycles. The van der Waals surface area contributed by atoms with E-state index >= 15 is 0 Å². The number of pyridine rings is 1. The van der Waals surface area contributed by atoms with Crippen molar-refractivity contribution in [2.45, 2.75) is 5.03 Å². The number of aromatic nitrogens is 1. The first kappa shape index (κ1) is 19.1. The van der Waals surface area contributed by atoms with Crippen LogP contribution >= 0.6 is 23.1 Å². The molecule has 3 nitrogen and oxygen atoms in total. The zero-order valence-electron chi connectivity index (χ0n) is 15.4. The highest BCUT2D eigenvalue weighted by molar-refractivity contribution is 8.00. The summed E-state index contributed by atoms with van der Waals surface area (Å²) in [7, 11) is 0. The summed E-state index contributed by atoms with van der Waals surface area (Å²) in [6.45, 7) is 0. The maximum atomic E-state index is 12.5. The average molecular weight is 413 g/mol. The molecule has 0 fully saturated rings. The number of carbonyl (C=O) groups excluding carboxylic acids is 1. The zero-order valence-corrected chi connectivity index (χ0v) is 17.0. The molecule has 2 heterocycles. The maximum Gasteiger partial charge on any atom is 0.183 e. The predicted octanol–water partition coefficient (Wildman–Crippen LogP) is 6.32. The van der Waals surface area contributed by atoms with E-state index in [1.807, 2.05) is 84.2 Å². The quantitative estimate of drug-likeness (QED) is 0.274. The van der Waals surface area contributed by atoms with E-state index < -0.39 is 0 Å². The highest BCUT2D eigenvalue weighted by Crippen LogP contribution is 2.34. The topological polar surface area (TPSA) is 53.8 Å². The molecule has 140 valence electrons. The number of thiophene rings is 1. The molecule has 0 bridgehead atoms. The molecular formula is C24H16N2OS2. The van der Waals surface area contributed by atoms with Crippen LogP contribution in [-0.2, 0) is 0 Å². The van der Waals surface area contributed by atoms with Gasteiger partial charge in [0.25, 0.3) is 0 Å². The number of ketones is 1. The van der Waals surface area contributed by atoms with Crippen LogP contribution in [0, 0.1) is 11.3 Å². The molecular weight excluding hydrogens is 396 g/mol. The third-order valence-corrected chi connectivity index (χ3v) is 6.27. The van der Waals surface area contributed by atoms with Crippen molar-refractivity contribution in [2.75, 3.05) is 5.75 Å². The lowest BCUT2D eigenvalue weighted by Gasteiger charge is -2.12. The van der Waals surface area contributed by atoms with E-state index in [1.54, 1.807) is 0 Å². The van der Waals surface area contributed by atoms with E-state index in [-0.39, 0.29) is 11.5 Å². The summed E-state index contributed by atoms with van der Waals surface area (Å²) in [5.41, 5.74) is 4.04. The molecule has 0 spiro atoms. The Labute approximate surface area is 177 Å². The van der Waals surface area contributed by atoms with Crippen LogP contribution in [0.25, 0.3) is 22.4 Å². The van der Waals surface area contributed by atoms with Gasteiger partial charge in [0.05, 0.1) is 21.9 Å². The zero-order chi connectivity index (χ0) is 20.1. The SMILES string of the molecule is N#Cc1c(-c2ccccc2)cc(-c2ccccc2)nc1SCC(=O)c1cccs1. The van der Waals surface area contributed by atoms with Gasteiger partial charge in [-0.25, -0.2) is 4.98 Å². The second-order valence-electron chi connectivity index (χ2n) is 6.27. The Hall–Kier alpha value is -3.20. The van der Waals surface area contributed by atoms with Crippen LogP contribution in [0.4, 0.5) is 0 Å². The molecule has 0 saturated heterocycles. The van der Waals surface area contributed by atoms with Crippen molar-refractivity contribution in [3.05, 3.63) is 94.7 Å². The Bertz CT molecular complexity index is 1160. The number of Topliss-reactive ketones (excluding diaryl/α,β-unsaturated/α-hetero) is 1. The number of carbonyl (C=O) groups is 1. The summed E-state index contributed by atoms with van der Waals surface area (Å²) in [5.74, 6) is 0.288. The van der Waals surface area contributed by atoms with E-state index in [2.05, 4.69) is 6.07 Å². The molecule has 4 aromatic rings. The van der Waals surface area contributed by atoms with Crippen LogP contribution in [0.15, 0.2) is 89.3 Å². The summed E-state index contributed by atoms with van der Waals surface area (Å²) >= 11 is 2.75. The first-order valence-corrected chi connectivity index (χ1v) is 10.9. The lowest BCUT2D eigenvalue weighted by molar-refractivity contribution is 0.102. The first-order chi connectivity index (χ1) is 14.3. The smallest absolute Gasteiger partial charge is 0.183 e. The minimum atomic E-state index is 0.0436. The fourth-order valence-electron chi connectivity index (χ4n) is 2.98. The molecule has 0 saturated carbocycles. The largest absolute Gasteiger partial charge is 0.292 e. The normalized spacial score (nSPS) is 10.4. The van der Waals surface area contributed by atoms with Crippen LogP contribution < -0.4 is 0 Å². The van der Waals surface area contributed by atoms with Crippen molar-refractivity contribution in [2.24, 2.45) is 0 Å². The minimum Gasteiger partial charge on any atom is -0.292 e. The standard InChI is InChI=1S/C24H16N2OS2/c25-15-20-19(17-8-3-1-4-9-17)14-21(18-10-5-2-6-11-18)26-24(20)29-16-22(27)23-12-7-13-28-23/h1-14H,16H2. The summed E-state index contributed by atoms with van der Waals surface area (Å²) in [6.07, 6.45) is 0. The first-order valence-electron chi connectivity index (χ1n) is 9.02. The third-order valence-electron chi connectivity index (χ3n) is 4.39. The van der Waals surface area contributed by atoms with Crippen LogP contribution in [0.2, 0.25) is 0 Å². The van der Waals surface area contributed by atoms with E-state index in [0.717, 1.165) is 27.3 Å². The predicted molar refractivity (Wildman–Crippen MR) is 119 cm³/mol. The fraction of sp³-hybridized carbons (Fsp3) is 0.0417. The number of hydrogen-bond acceptors (Lipinski definition) is 5. The third kappa shape index (κ3) is 4.29. The summed E-state index contributed by atoms with van der Waals surface area (Å²) in [5, 5.41) is 12.4. The van der Waals surface area contributed by atoms with Gasteiger partial charge in [0.2, 0.25) is 0 Å². The summed E-state index contributed by atoms with van der Waals surface area (Å²) in [4.78, 5) is 17.9. The minimum absolute atomic E-state index is 0.0436. The average Bonchev–Trinajstić information content (AvgIpc) is 3.33. The number of nitriles is 1. The number of nitrogens with zero attached hydrogens (tertiary/aromatic N) is 2. The molecule has 0 radical (unpaired) electrons. The van der Waals surface area contributed by atoms with Gasteiger partial charge in [0.15, 0.2) is 5.78 Å². The van der Waals surface area contributed by atoms with Crippen LogP contribution in [0.5, 0.6) is 0 Å². The Morgan fingerprint density at radius 3 is 2.28 bits per heavy atom. The Morgan fingerprint density at radius 1 is 0.966 bits per heavy atom. The van der Waals surface area contributed by atoms with E-state index in [0.29, 0.717) is 10.6 Å². The number of hydrogen-bond donors (Lipinski definition) is 0. The molecule has 4 rings (SSSR count).